The predicted octanol–water partition coefficient (Wildman–Crippen LogP) is 3.19. The summed E-state index contributed by atoms with van der Waals surface area (Å²) in [6, 6.07) is 14.2. The molecule has 0 atom stereocenters. The number of carbonyl (C=O) groups is 2. The standard InChI is InChI=1S/C24H23N3O4S/c1-2-3-9-14-26-15-16-27(17-26)22-21(25-32(30,31)18-10-5-4-6-11-18)23(28)19-12-7-8-13-20(19)24(22)29/h4-8,10-13,15-17H,2-3,9,14H2,1H3/p+1. The molecule has 4 rings (SSSR count). The van der Waals surface area contributed by atoms with Crippen molar-refractivity contribution in [1.29, 1.82) is 0 Å². The van der Waals surface area contributed by atoms with Crippen LogP contribution in [0.5, 0.6) is 0 Å². The van der Waals surface area contributed by atoms with Crippen LogP contribution in [0.25, 0.3) is 5.70 Å². The number of allylic oxidation sites excluding steroid dienone is 2. The summed E-state index contributed by atoms with van der Waals surface area (Å²) < 4.78 is 31.8. The van der Waals surface area contributed by atoms with Crippen molar-refractivity contribution in [2.45, 2.75) is 37.6 Å². The number of ketones is 2. The van der Waals surface area contributed by atoms with Crippen molar-refractivity contribution in [1.82, 2.24) is 9.29 Å². The van der Waals surface area contributed by atoms with Gasteiger partial charge in [0.05, 0.1) is 11.4 Å². The minimum Gasteiger partial charge on any atom is -0.287 e. The van der Waals surface area contributed by atoms with Crippen LogP contribution >= 0.6 is 0 Å². The van der Waals surface area contributed by atoms with E-state index < -0.39 is 21.6 Å². The van der Waals surface area contributed by atoms with Gasteiger partial charge in [-0.3, -0.25) is 14.3 Å². The van der Waals surface area contributed by atoms with E-state index in [4.69, 9.17) is 0 Å². The second-order valence-electron chi connectivity index (χ2n) is 7.61. The summed E-state index contributed by atoms with van der Waals surface area (Å²) >= 11 is 0. The molecule has 32 heavy (non-hydrogen) atoms. The number of hydrogen-bond acceptors (Lipinski definition) is 4. The number of rotatable bonds is 8. The van der Waals surface area contributed by atoms with Crippen LogP contribution in [-0.4, -0.2) is 24.6 Å². The van der Waals surface area contributed by atoms with Crippen LogP contribution in [0.2, 0.25) is 0 Å². The van der Waals surface area contributed by atoms with Crippen LogP contribution in [0.3, 0.4) is 0 Å². The fourth-order valence-corrected chi connectivity index (χ4v) is 4.79. The van der Waals surface area contributed by atoms with Crippen LogP contribution < -0.4 is 9.29 Å². The molecule has 1 aliphatic rings. The van der Waals surface area contributed by atoms with Crippen molar-refractivity contribution < 1.29 is 22.6 Å². The quantitative estimate of drug-likeness (QED) is 0.422. The summed E-state index contributed by atoms with van der Waals surface area (Å²) in [4.78, 5) is 26.7. The van der Waals surface area contributed by atoms with Gasteiger partial charge in [-0.25, -0.2) is 13.0 Å². The van der Waals surface area contributed by atoms with Gasteiger partial charge in [-0.15, -0.1) is 0 Å². The summed E-state index contributed by atoms with van der Waals surface area (Å²) in [6.07, 6.45) is 8.32. The number of Topliss-reactive ketones (excluding diaryl/α,β-unsaturated/α-hetero) is 2. The highest BCUT2D eigenvalue weighted by Crippen LogP contribution is 2.28. The molecule has 0 bridgehead atoms. The molecule has 0 saturated heterocycles. The minimum absolute atomic E-state index is 0.00749. The van der Waals surface area contributed by atoms with E-state index in [1.54, 1.807) is 48.9 Å². The van der Waals surface area contributed by atoms with Crippen LogP contribution in [0.15, 0.2) is 83.9 Å². The number of nitrogens with one attached hydrogen (secondary N) is 1. The lowest BCUT2D eigenvalue weighted by Crippen LogP contribution is -2.36. The van der Waals surface area contributed by atoms with Gasteiger partial charge in [0.25, 0.3) is 10.0 Å². The Labute approximate surface area is 187 Å². The third kappa shape index (κ3) is 4.13. The highest BCUT2D eigenvalue weighted by atomic mass is 32.2. The Hall–Kier alpha value is -3.52. The first-order valence-electron chi connectivity index (χ1n) is 10.5. The van der Waals surface area contributed by atoms with Crippen molar-refractivity contribution in [3.05, 3.63) is 90.1 Å². The maximum absolute atomic E-state index is 13.4. The molecule has 0 spiro atoms. The first-order chi connectivity index (χ1) is 15.4. The molecule has 0 saturated carbocycles. The van der Waals surface area contributed by atoms with Gasteiger partial charge in [-0.05, 0) is 25.0 Å². The maximum Gasteiger partial charge on any atom is 0.262 e. The van der Waals surface area contributed by atoms with Gasteiger partial charge in [0.15, 0.2) is 0 Å². The second-order valence-corrected chi connectivity index (χ2v) is 9.29. The fourth-order valence-electron chi connectivity index (χ4n) is 3.70. The lowest BCUT2D eigenvalue weighted by atomic mass is 9.90. The lowest BCUT2D eigenvalue weighted by molar-refractivity contribution is -0.696. The molecule has 3 aromatic rings. The topological polar surface area (TPSA) is 89.1 Å². The van der Waals surface area contributed by atoms with Crippen LogP contribution in [0.4, 0.5) is 0 Å². The largest absolute Gasteiger partial charge is 0.287 e. The monoisotopic (exact) mass is 450 g/mol. The summed E-state index contributed by atoms with van der Waals surface area (Å²) in [5.74, 6) is -0.955. The number of carbonyl (C=O) groups excluding carboxylic acids is 2. The number of aromatic nitrogens is 2. The van der Waals surface area contributed by atoms with Crippen LogP contribution in [0.1, 0.15) is 46.9 Å². The van der Waals surface area contributed by atoms with E-state index in [1.165, 1.54) is 22.8 Å². The van der Waals surface area contributed by atoms with Gasteiger partial charge in [0.2, 0.25) is 23.6 Å². The SMILES string of the molecule is CCCCC[n+]1ccn(C2=C(NS(=O)(=O)c3ccccc3)C(=O)c3ccccc3C2=O)c1. The molecule has 0 amide bonds. The Morgan fingerprint density at radius 3 is 2.25 bits per heavy atom. The fraction of sp³-hybridized carbons (Fsp3) is 0.208. The molecule has 0 unspecified atom stereocenters. The van der Waals surface area contributed by atoms with Crippen molar-refractivity contribution in [2.24, 2.45) is 0 Å². The molecular weight excluding hydrogens is 426 g/mol. The van der Waals surface area contributed by atoms with E-state index in [0.717, 1.165) is 25.8 Å². The third-order valence-electron chi connectivity index (χ3n) is 5.35. The van der Waals surface area contributed by atoms with Crippen LogP contribution in [0, 0.1) is 0 Å². The highest BCUT2D eigenvalue weighted by molar-refractivity contribution is 7.89. The van der Waals surface area contributed by atoms with E-state index in [0.29, 0.717) is 0 Å². The Balaban J connectivity index is 1.81. The Kier molecular flexibility index (Phi) is 6.05. The summed E-state index contributed by atoms with van der Waals surface area (Å²) in [6.45, 7) is 2.88. The number of unbranched alkanes of at least 4 members (excludes halogenated alkanes) is 2. The molecule has 1 aliphatic carbocycles. The first kappa shape index (κ1) is 21.7. The van der Waals surface area contributed by atoms with Gasteiger partial charge in [0, 0.05) is 11.1 Å². The molecule has 0 fully saturated rings. The van der Waals surface area contributed by atoms with E-state index >= 15 is 0 Å². The number of nitrogens with zero attached hydrogens (tertiary/aromatic N) is 2. The third-order valence-corrected chi connectivity index (χ3v) is 6.72. The molecule has 1 heterocycles. The average Bonchev–Trinajstić information content (AvgIpc) is 3.26. The van der Waals surface area contributed by atoms with Gasteiger partial charge in [-0.1, -0.05) is 55.8 Å². The Bertz CT molecular complexity index is 1310. The predicted molar refractivity (Wildman–Crippen MR) is 119 cm³/mol. The van der Waals surface area contributed by atoms with E-state index in [2.05, 4.69) is 11.6 Å². The number of hydrogen-bond donors (Lipinski definition) is 1. The van der Waals surface area contributed by atoms with Crippen molar-refractivity contribution in [3.8, 4) is 0 Å². The highest BCUT2D eigenvalue weighted by Gasteiger charge is 2.38. The normalized spacial score (nSPS) is 13.9. The zero-order valence-corrected chi connectivity index (χ0v) is 18.5. The summed E-state index contributed by atoms with van der Waals surface area (Å²) in [5, 5.41) is 0. The second kappa shape index (κ2) is 8.92. The summed E-state index contributed by atoms with van der Waals surface area (Å²) in [5.41, 5.74) is 0.160. The molecule has 0 aliphatic heterocycles. The molecule has 2 aromatic carbocycles. The number of fused-ring (bicyclic) bond motifs is 1. The smallest absolute Gasteiger partial charge is 0.262 e. The zero-order valence-electron chi connectivity index (χ0n) is 17.7. The minimum atomic E-state index is -4.07. The zero-order chi connectivity index (χ0) is 22.7. The number of imidazole rings is 1. The summed E-state index contributed by atoms with van der Waals surface area (Å²) in [7, 11) is -4.07. The van der Waals surface area contributed by atoms with E-state index in [-0.39, 0.29) is 27.4 Å². The lowest BCUT2D eigenvalue weighted by Gasteiger charge is -2.19. The van der Waals surface area contributed by atoms with E-state index in [1.807, 2.05) is 10.8 Å². The molecule has 0 radical (unpaired) electrons. The van der Waals surface area contributed by atoms with Gasteiger partial charge in [-0.2, -0.15) is 4.57 Å². The number of sulfonamides is 1. The first-order valence-corrected chi connectivity index (χ1v) is 12.0. The molecule has 7 nitrogen and oxygen atoms in total. The van der Waals surface area contributed by atoms with Crippen molar-refractivity contribution in [2.75, 3.05) is 0 Å². The molecular formula is C24H24N3O4S+. The van der Waals surface area contributed by atoms with Gasteiger partial charge in [0.1, 0.15) is 18.1 Å². The molecule has 1 aromatic heterocycles. The van der Waals surface area contributed by atoms with E-state index in [9.17, 15) is 18.0 Å². The Morgan fingerprint density at radius 2 is 1.56 bits per heavy atom. The van der Waals surface area contributed by atoms with Gasteiger partial charge >= 0.3 is 0 Å². The number of benzene rings is 2. The van der Waals surface area contributed by atoms with Gasteiger partial charge < -0.3 is 0 Å². The molecule has 164 valence electrons. The maximum atomic E-state index is 13.4. The molecule has 1 N–H and O–H groups in total. The average molecular weight is 451 g/mol. The van der Waals surface area contributed by atoms with Crippen molar-refractivity contribution in [3.63, 3.8) is 0 Å². The van der Waals surface area contributed by atoms with Crippen LogP contribution in [-0.2, 0) is 16.6 Å². The van der Waals surface area contributed by atoms with Crippen molar-refractivity contribution >= 4 is 27.3 Å². The Morgan fingerprint density at radius 1 is 0.906 bits per heavy atom. The number of aryl methyl sites for hydroxylation is 1. The molecule has 8 heteroatoms.